The largest absolute Gasteiger partial charge is 0.480 e. The third-order valence-corrected chi connectivity index (χ3v) is 6.51. The molecule has 1 heterocycles. The van der Waals surface area contributed by atoms with Crippen molar-refractivity contribution in [1.29, 1.82) is 0 Å². The molecule has 116 valence electrons. The average Bonchev–Trinajstić information content (AvgIpc) is 2.76. The summed E-state index contributed by atoms with van der Waals surface area (Å²) >= 11 is 0. The molecule has 3 unspecified atom stereocenters. The molecule has 6 heteroatoms. The topological polar surface area (TPSA) is 74.7 Å². The van der Waals surface area contributed by atoms with Crippen LogP contribution in [0.15, 0.2) is 0 Å². The number of carboxylic acid groups (broad SMARTS) is 1. The van der Waals surface area contributed by atoms with Crippen molar-refractivity contribution in [3.05, 3.63) is 0 Å². The van der Waals surface area contributed by atoms with E-state index in [1.54, 1.807) is 0 Å². The van der Waals surface area contributed by atoms with E-state index in [-0.39, 0.29) is 17.7 Å². The number of fused-ring (bicyclic) bond motifs is 1. The molecule has 1 saturated carbocycles. The van der Waals surface area contributed by atoms with Crippen LogP contribution in [-0.4, -0.2) is 41.6 Å². The van der Waals surface area contributed by atoms with Crippen LogP contribution >= 0.6 is 0 Å². The van der Waals surface area contributed by atoms with Gasteiger partial charge in [0, 0.05) is 6.04 Å². The molecule has 0 amide bonds. The first-order valence-electron chi connectivity index (χ1n) is 7.57. The molecule has 20 heavy (non-hydrogen) atoms. The van der Waals surface area contributed by atoms with Crippen molar-refractivity contribution in [1.82, 2.24) is 4.31 Å². The molecule has 2 aliphatic rings. The minimum Gasteiger partial charge on any atom is -0.480 e. The number of sulfonamides is 1. The zero-order chi connectivity index (χ0) is 14.9. The fourth-order valence-electron chi connectivity index (χ4n) is 3.52. The summed E-state index contributed by atoms with van der Waals surface area (Å²) in [7, 11) is -3.47. The molecule has 0 aromatic heterocycles. The molecule has 0 aromatic carbocycles. The minimum atomic E-state index is -3.47. The summed E-state index contributed by atoms with van der Waals surface area (Å²) in [5.41, 5.74) is 0. The number of rotatable bonds is 5. The van der Waals surface area contributed by atoms with Gasteiger partial charge < -0.3 is 5.11 Å². The van der Waals surface area contributed by atoms with E-state index in [1.165, 1.54) is 4.31 Å². The minimum absolute atomic E-state index is 0.0671. The Balaban J connectivity index is 2.22. The van der Waals surface area contributed by atoms with Crippen LogP contribution in [0.3, 0.4) is 0 Å². The Morgan fingerprint density at radius 3 is 2.55 bits per heavy atom. The van der Waals surface area contributed by atoms with Crippen LogP contribution < -0.4 is 0 Å². The number of hydrogen-bond donors (Lipinski definition) is 1. The van der Waals surface area contributed by atoms with Gasteiger partial charge in [0.1, 0.15) is 6.04 Å². The van der Waals surface area contributed by atoms with Crippen molar-refractivity contribution in [2.45, 2.75) is 64.5 Å². The standard InChI is InChI=1S/C14H25NO4S/c1-10(2)7-8-20(18,19)15-12-6-4-3-5-11(12)9-13(15)14(16)17/h10-13H,3-9H2,1-2H3,(H,16,17). The van der Waals surface area contributed by atoms with E-state index < -0.39 is 22.0 Å². The highest BCUT2D eigenvalue weighted by atomic mass is 32.2. The lowest BCUT2D eigenvalue weighted by Crippen LogP contribution is -2.47. The molecule has 0 radical (unpaired) electrons. The lowest BCUT2D eigenvalue weighted by Gasteiger charge is -2.32. The molecule has 1 N–H and O–H groups in total. The Morgan fingerprint density at radius 1 is 1.30 bits per heavy atom. The highest BCUT2D eigenvalue weighted by Crippen LogP contribution is 2.41. The monoisotopic (exact) mass is 303 g/mol. The number of aliphatic carboxylic acids is 1. The number of nitrogens with zero attached hydrogens (tertiary/aromatic N) is 1. The third-order valence-electron chi connectivity index (χ3n) is 4.59. The van der Waals surface area contributed by atoms with Crippen LogP contribution in [-0.2, 0) is 14.8 Å². The fraction of sp³-hybridized carbons (Fsp3) is 0.929. The van der Waals surface area contributed by atoms with E-state index in [2.05, 4.69) is 0 Å². The van der Waals surface area contributed by atoms with E-state index >= 15 is 0 Å². The maximum atomic E-state index is 12.6. The number of carboxylic acids is 1. The average molecular weight is 303 g/mol. The van der Waals surface area contributed by atoms with Gasteiger partial charge in [-0.2, -0.15) is 4.31 Å². The second-order valence-corrected chi connectivity index (χ2v) is 8.52. The molecular formula is C14H25NO4S. The van der Waals surface area contributed by atoms with Gasteiger partial charge in [0.15, 0.2) is 0 Å². The molecule has 1 aliphatic heterocycles. The van der Waals surface area contributed by atoms with Crippen LogP contribution in [0.1, 0.15) is 52.4 Å². The van der Waals surface area contributed by atoms with Gasteiger partial charge in [-0.05, 0) is 37.5 Å². The molecule has 0 bridgehead atoms. The van der Waals surface area contributed by atoms with Gasteiger partial charge >= 0.3 is 5.97 Å². The van der Waals surface area contributed by atoms with E-state index in [9.17, 15) is 18.3 Å². The Bertz CT molecular complexity index is 460. The molecular weight excluding hydrogens is 278 g/mol. The van der Waals surface area contributed by atoms with E-state index in [0.717, 1.165) is 25.7 Å². The Labute approximate surface area is 121 Å². The van der Waals surface area contributed by atoms with Gasteiger partial charge in [-0.15, -0.1) is 0 Å². The van der Waals surface area contributed by atoms with E-state index in [1.807, 2.05) is 13.8 Å². The summed E-state index contributed by atoms with van der Waals surface area (Å²) in [6, 6.07) is -0.928. The maximum absolute atomic E-state index is 12.6. The van der Waals surface area contributed by atoms with E-state index in [0.29, 0.717) is 18.8 Å². The highest BCUT2D eigenvalue weighted by molar-refractivity contribution is 7.89. The Kier molecular flexibility index (Phi) is 4.74. The smallest absolute Gasteiger partial charge is 0.322 e. The van der Waals surface area contributed by atoms with Crippen molar-refractivity contribution in [2.24, 2.45) is 11.8 Å². The SMILES string of the molecule is CC(C)CCS(=O)(=O)N1C(C(=O)O)CC2CCCCC21. The van der Waals surface area contributed by atoms with Gasteiger partial charge in [0.05, 0.1) is 5.75 Å². The Hall–Kier alpha value is -0.620. The first-order chi connectivity index (χ1) is 9.33. The van der Waals surface area contributed by atoms with Gasteiger partial charge in [0.2, 0.25) is 10.0 Å². The van der Waals surface area contributed by atoms with Crippen molar-refractivity contribution in [2.75, 3.05) is 5.75 Å². The van der Waals surface area contributed by atoms with Crippen molar-refractivity contribution in [3.8, 4) is 0 Å². The second-order valence-electron chi connectivity index (χ2n) is 6.53. The summed E-state index contributed by atoms with van der Waals surface area (Å²) < 4.78 is 26.5. The van der Waals surface area contributed by atoms with Crippen LogP contribution in [0.25, 0.3) is 0 Å². The first kappa shape index (κ1) is 15.8. The zero-order valence-corrected chi connectivity index (χ0v) is 13.1. The lowest BCUT2D eigenvalue weighted by atomic mass is 9.85. The number of hydrogen-bond acceptors (Lipinski definition) is 3. The first-order valence-corrected chi connectivity index (χ1v) is 9.18. The zero-order valence-electron chi connectivity index (χ0n) is 12.3. The van der Waals surface area contributed by atoms with Gasteiger partial charge in [-0.3, -0.25) is 4.79 Å². The third kappa shape index (κ3) is 3.17. The van der Waals surface area contributed by atoms with Crippen molar-refractivity contribution < 1.29 is 18.3 Å². The summed E-state index contributed by atoms with van der Waals surface area (Å²) in [6.07, 6.45) is 4.95. The summed E-state index contributed by atoms with van der Waals surface area (Å²) in [5.74, 6) is -0.387. The summed E-state index contributed by atoms with van der Waals surface area (Å²) in [5, 5.41) is 9.37. The van der Waals surface area contributed by atoms with Crippen LogP contribution in [0.4, 0.5) is 0 Å². The molecule has 2 fully saturated rings. The van der Waals surface area contributed by atoms with Gasteiger partial charge in [-0.25, -0.2) is 8.42 Å². The lowest BCUT2D eigenvalue weighted by molar-refractivity contribution is -0.141. The second kappa shape index (κ2) is 6.02. The Morgan fingerprint density at radius 2 is 1.95 bits per heavy atom. The predicted octanol–water partition coefficient (Wildman–Crippen LogP) is 2.08. The molecule has 5 nitrogen and oxygen atoms in total. The van der Waals surface area contributed by atoms with Crippen molar-refractivity contribution in [3.63, 3.8) is 0 Å². The predicted molar refractivity (Wildman–Crippen MR) is 76.9 cm³/mol. The maximum Gasteiger partial charge on any atom is 0.322 e. The molecule has 0 spiro atoms. The summed E-state index contributed by atoms with van der Waals surface area (Å²) in [6.45, 7) is 3.97. The molecule has 3 atom stereocenters. The highest BCUT2D eigenvalue weighted by Gasteiger charge is 2.50. The molecule has 2 rings (SSSR count). The molecule has 0 aromatic rings. The van der Waals surface area contributed by atoms with E-state index in [4.69, 9.17) is 0 Å². The quantitative estimate of drug-likeness (QED) is 0.844. The van der Waals surface area contributed by atoms with Crippen LogP contribution in [0.5, 0.6) is 0 Å². The summed E-state index contributed by atoms with van der Waals surface area (Å²) in [4.78, 5) is 11.4. The van der Waals surface area contributed by atoms with Crippen molar-refractivity contribution >= 4 is 16.0 Å². The van der Waals surface area contributed by atoms with Crippen LogP contribution in [0, 0.1) is 11.8 Å². The van der Waals surface area contributed by atoms with Gasteiger partial charge in [-0.1, -0.05) is 26.7 Å². The molecule has 1 aliphatic carbocycles. The van der Waals surface area contributed by atoms with Gasteiger partial charge in [0.25, 0.3) is 0 Å². The fourth-order valence-corrected chi connectivity index (χ4v) is 5.75. The number of carbonyl (C=O) groups is 1. The normalized spacial score (nSPS) is 31.4. The molecule has 1 saturated heterocycles. The van der Waals surface area contributed by atoms with Crippen LogP contribution in [0.2, 0.25) is 0 Å².